The van der Waals surface area contributed by atoms with Crippen LogP contribution in [0, 0.1) is 0 Å². The van der Waals surface area contributed by atoms with Crippen molar-refractivity contribution in [2.75, 3.05) is 0 Å². The van der Waals surface area contributed by atoms with Gasteiger partial charge in [0.25, 0.3) is 5.56 Å². The lowest BCUT2D eigenvalue weighted by molar-refractivity contribution is 0.422. The standard InChI is InChI=1S/C21H22N4O/c1-14(2)12-24-19(26)17-18(25-13-22-23-20(24)25)16-8-4-3-7-15(16)11-21(17)9-5-6-10-21/h3-4,7-8,13H,1,5-6,9-12H2,2H3. The van der Waals surface area contributed by atoms with Crippen LogP contribution in [0.1, 0.15) is 43.7 Å². The predicted octanol–water partition coefficient (Wildman–Crippen LogP) is 3.50. The summed E-state index contributed by atoms with van der Waals surface area (Å²) in [5.41, 5.74) is 5.39. The monoisotopic (exact) mass is 346 g/mol. The van der Waals surface area contributed by atoms with E-state index in [2.05, 4.69) is 35.0 Å². The highest BCUT2D eigenvalue weighted by Crippen LogP contribution is 2.50. The van der Waals surface area contributed by atoms with E-state index in [1.165, 1.54) is 18.4 Å². The van der Waals surface area contributed by atoms with E-state index in [0.717, 1.165) is 41.7 Å². The summed E-state index contributed by atoms with van der Waals surface area (Å²) in [5.74, 6) is 0.599. The van der Waals surface area contributed by atoms with Gasteiger partial charge in [-0.2, -0.15) is 0 Å². The summed E-state index contributed by atoms with van der Waals surface area (Å²) >= 11 is 0. The summed E-state index contributed by atoms with van der Waals surface area (Å²) in [6.07, 6.45) is 7.21. The molecule has 132 valence electrons. The van der Waals surface area contributed by atoms with Crippen molar-refractivity contribution in [1.82, 2.24) is 19.2 Å². The van der Waals surface area contributed by atoms with Crippen LogP contribution in [-0.4, -0.2) is 19.2 Å². The summed E-state index contributed by atoms with van der Waals surface area (Å²) in [6, 6.07) is 8.47. The Morgan fingerprint density at radius 1 is 1.27 bits per heavy atom. The number of benzene rings is 1. The Morgan fingerprint density at radius 2 is 2.04 bits per heavy atom. The van der Waals surface area contributed by atoms with Crippen molar-refractivity contribution in [1.29, 1.82) is 0 Å². The summed E-state index contributed by atoms with van der Waals surface area (Å²) in [6.45, 7) is 6.42. The molecule has 26 heavy (non-hydrogen) atoms. The third-order valence-electron chi connectivity index (χ3n) is 6.03. The fourth-order valence-electron chi connectivity index (χ4n) is 5.01. The topological polar surface area (TPSA) is 52.2 Å². The maximum Gasteiger partial charge on any atom is 0.259 e. The largest absolute Gasteiger partial charge is 0.272 e. The van der Waals surface area contributed by atoms with Gasteiger partial charge in [-0.15, -0.1) is 10.2 Å². The molecular formula is C21H22N4O. The van der Waals surface area contributed by atoms with Gasteiger partial charge >= 0.3 is 0 Å². The van der Waals surface area contributed by atoms with Gasteiger partial charge in [-0.3, -0.25) is 13.8 Å². The van der Waals surface area contributed by atoms with Gasteiger partial charge in [-0.25, -0.2) is 0 Å². The first-order valence-corrected chi connectivity index (χ1v) is 9.30. The van der Waals surface area contributed by atoms with Gasteiger partial charge < -0.3 is 0 Å². The first kappa shape index (κ1) is 15.6. The second kappa shape index (κ2) is 5.40. The van der Waals surface area contributed by atoms with Crippen LogP contribution in [0.25, 0.3) is 17.0 Å². The molecule has 1 spiro atoms. The van der Waals surface area contributed by atoms with E-state index in [1.54, 1.807) is 10.9 Å². The van der Waals surface area contributed by atoms with E-state index in [1.807, 2.05) is 17.4 Å². The molecule has 1 saturated carbocycles. The van der Waals surface area contributed by atoms with Gasteiger partial charge in [0.1, 0.15) is 6.33 Å². The molecular weight excluding hydrogens is 324 g/mol. The lowest BCUT2D eigenvalue weighted by Gasteiger charge is -2.37. The highest BCUT2D eigenvalue weighted by Gasteiger charge is 2.44. The van der Waals surface area contributed by atoms with Crippen molar-refractivity contribution in [2.24, 2.45) is 0 Å². The highest BCUT2D eigenvalue weighted by molar-refractivity contribution is 5.73. The Bertz CT molecular complexity index is 1100. The Kier molecular flexibility index (Phi) is 3.23. The summed E-state index contributed by atoms with van der Waals surface area (Å²) in [4.78, 5) is 13.7. The first-order valence-electron chi connectivity index (χ1n) is 9.30. The fraction of sp³-hybridized carbons (Fsp3) is 0.381. The zero-order chi connectivity index (χ0) is 17.9. The molecule has 2 heterocycles. The molecule has 2 aromatic heterocycles. The molecule has 3 aromatic rings. The number of aromatic nitrogens is 4. The minimum absolute atomic E-state index is 0.0595. The smallest absolute Gasteiger partial charge is 0.259 e. The molecule has 2 aliphatic carbocycles. The lowest BCUT2D eigenvalue weighted by Crippen LogP contribution is -2.40. The average molecular weight is 346 g/mol. The van der Waals surface area contributed by atoms with Crippen LogP contribution in [0.5, 0.6) is 0 Å². The number of hydrogen-bond acceptors (Lipinski definition) is 3. The van der Waals surface area contributed by atoms with Crippen LogP contribution in [0.2, 0.25) is 0 Å². The molecule has 5 nitrogen and oxygen atoms in total. The molecule has 0 N–H and O–H groups in total. The molecule has 0 bridgehead atoms. The van der Waals surface area contributed by atoms with E-state index in [-0.39, 0.29) is 11.0 Å². The van der Waals surface area contributed by atoms with E-state index in [9.17, 15) is 4.79 Å². The number of hydrogen-bond donors (Lipinski definition) is 0. The van der Waals surface area contributed by atoms with Crippen LogP contribution in [-0.2, 0) is 18.4 Å². The van der Waals surface area contributed by atoms with Crippen LogP contribution in [0.15, 0.2) is 47.5 Å². The molecule has 0 aliphatic heterocycles. The van der Waals surface area contributed by atoms with Crippen LogP contribution in [0.4, 0.5) is 0 Å². The predicted molar refractivity (Wildman–Crippen MR) is 101 cm³/mol. The summed E-state index contributed by atoms with van der Waals surface area (Å²) in [5, 5.41) is 8.39. The van der Waals surface area contributed by atoms with Crippen molar-refractivity contribution in [2.45, 2.75) is 51.0 Å². The van der Waals surface area contributed by atoms with Crippen molar-refractivity contribution < 1.29 is 0 Å². The van der Waals surface area contributed by atoms with Crippen LogP contribution >= 0.6 is 0 Å². The zero-order valence-corrected chi connectivity index (χ0v) is 15.0. The van der Waals surface area contributed by atoms with E-state index in [0.29, 0.717) is 12.3 Å². The Labute approximate surface area is 152 Å². The Morgan fingerprint density at radius 3 is 2.81 bits per heavy atom. The van der Waals surface area contributed by atoms with Gasteiger partial charge in [-0.05, 0) is 31.7 Å². The third kappa shape index (κ3) is 2.00. The average Bonchev–Trinajstić information content (AvgIpc) is 3.27. The van der Waals surface area contributed by atoms with E-state index in [4.69, 9.17) is 0 Å². The molecule has 0 atom stereocenters. The van der Waals surface area contributed by atoms with E-state index < -0.39 is 0 Å². The first-order chi connectivity index (χ1) is 12.6. The van der Waals surface area contributed by atoms with Crippen molar-refractivity contribution in [3.8, 4) is 11.3 Å². The second-order valence-electron chi connectivity index (χ2n) is 7.89. The Balaban J connectivity index is 1.95. The molecule has 0 saturated heterocycles. The van der Waals surface area contributed by atoms with Crippen molar-refractivity contribution >= 4 is 5.78 Å². The molecule has 1 fully saturated rings. The van der Waals surface area contributed by atoms with Crippen LogP contribution < -0.4 is 5.56 Å². The molecule has 1 aromatic carbocycles. The lowest BCUT2D eigenvalue weighted by atomic mass is 9.68. The SMILES string of the molecule is C=C(C)Cn1c(=O)c2c(n3cnnc13)-c1ccccc1CC21CCCC1. The Hall–Kier alpha value is -2.69. The molecule has 2 aliphatic rings. The minimum atomic E-state index is -0.0595. The van der Waals surface area contributed by atoms with Gasteiger partial charge in [0.15, 0.2) is 0 Å². The van der Waals surface area contributed by atoms with Gasteiger partial charge in [0.2, 0.25) is 5.78 Å². The maximum absolute atomic E-state index is 13.7. The van der Waals surface area contributed by atoms with Gasteiger partial charge in [-0.1, -0.05) is 49.3 Å². The van der Waals surface area contributed by atoms with Crippen molar-refractivity contribution in [3.05, 3.63) is 64.2 Å². The summed E-state index contributed by atoms with van der Waals surface area (Å²) < 4.78 is 3.76. The second-order valence-corrected chi connectivity index (χ2v) is 7.89. The minimum Gasteiger partial charge on any atom is -0.272 e. The van der Waals surface area contributed by atoms with Gasteiger partial charge in [0.05, 0.1) is 5.69 Å². The molecule has 5 rings (SSSR count). The molecule has 0 unspecified atom stereocenters. The number of rotatable bonds is 2. The fourth-order valence-corrected chi connectivity index (χ4v) is 5.01. The summed E-state index contributed by atoms with van der Waals surface area (Å²) in [7, 11) is 0. The van der Waals surface area contributed by atoms with Crippen LogP contribution in [0.3, 0.4) is 0 Å². The molecule has 0 amide bonds. The normalized spacial score (nSPS) is 17.4. The zero-order valence-electron chi connectivity index (χ0n) is 15.0. The molecule has 5 heteroatoms. The number of fused-ring (bicyclic) bond motifs is 6. The molecule has 0 radical (unpaired) electrons. The quantitative estimate of drug-likeness (QED) is 0.667. The van der Waals surface area contributed by atoms with Gasteiger partial charge in [0, 0.05) is 23.1 Å². The van der Waals surface area contributed by atoms with Crippen molar-refractivity contribution in [3.63, 3.8) is 0 Å². The van der Waals surface area contributed by atoms with E-state index >= 15 is 0 Å². The highest BCUT2D eigenvalue weighted by atomic mass is 16.1. The maximum atomic E-state index is 13.7. The number of allylic oxidation sites excluding steroid dienone is 1. The number of nitrogens with zero attached hydrogens (tertiary/aromatic N) is 4. The third-order valence-corrected chi connectivity index (χ3v) is 6.03.